The monoisotopic (exact) mass is 264 g/mol. The zero-order valence-electron chi connectivity index (χ0n) is 11.9. The molecule has 0 fully saturated rings. The van der Waals surface area contributed by atoms with Crippen molar-refractivity contribution in [2.45, 2.75) is 52.4 Å². The first-order valence-corrected chi connectivity index (χ1v) is 7.14. The Kier molecular flexibility index (Phi) is 6.93. The van der Waals surface area contributed by atoms with Crippen LogP contribution in [0.25, 0.3) is 0 Å². The highest BCUT2D eigenvalue weighted by atomic mass is 16.6. The number of rotatable bonds is 9. The Morgan fingerprint density at radius 2 is 1.84 bits per heavy atom. The Morgan fingerprint density at radius 3 is 2.53 bits per heavy atom. The molecule has 4 nitrogen and oxygen atoms in total. The Labute approximate surface area is 115 Å². The number of hydrogen-bond donors (Lipinski definition) is 1. The minimum atomic E-state index is -0.307. The summed E-state index contributed by atoms with van der Waals surface area (Å²) in [6, 6.07) is 5.40. The lowest BCUT2D eigenvalue weighted by atomic mass is 10.1. The summed E-state index contributed by atoms with van der Waals surface area (Å²) in [5.41, 5.74) is 1.55. The number of unbranched alkanes of at least 4 members (excludes halogenated alkanes) is 5. The maximum absolute atomic E-state index is 11.0. The van der Waals surface area contributed by atoms with Crippen LogP contribution in [-0.4, -0.2) is 11.5 Å². The van der Waals surface area contributed by atoms with Crippen LogP contribution in [0.2, 0.25) is 0 Å². The van der Waals surface area contributed by atoms with Crippen molar-refractivity contribution in [3.05, 3.63) is 33.9 Å². The molecule has 0 aliphatic heterocycles. The molecule has 4 heteroatoms. The molecule has 0 radical (unpaired) electrons. The van der Waals surface area contributed by atoms with E-state index in [4.69, 9.17) is 0 Å². The van der Waals surface area contributed by atoms with E-state index in [1.165, 1.54) is 32.1 Å². The molecule has 0 aliphatic carbocycles. The van der Waals surface area contributed by atoms with Gasteiger partial charge < -0.3 is 5.32 Å². The Balaban J connectivity index is 2.37. The standard InChI is InChI=1S/C15H24N2O2/c1-3-4-5-6-7-8-12-16-14-11-9-10-13(2)15(14)17(18)19/h9-11,16H,3-8,12H2,1-2H3. The molecular weight excluding hydrogens is 240 g/mol. The van der Waals surface area contributed by atoms with E-state index in [0.29, 0.717) is 11.3 Å². The number of nitrogens with one attached hydrogen (secondary N) is 1. The molecule has 0 amide bonds. The van der Waals surface area contributed by atoms with Crippen molar-refractivity contribution >= 4 is 11.4 Å². The Hall–Kier alpha value is -1.58. The highest BCUT2D eigenvalue weighted by Crippen LogP contribution is 2.27. The molecule has 0 spiro atoms. The van der Waals surface area contributed by atoms with E-state index in [9.17, 15) is 10.1 Å². The van der Waals surface area contributed by atoms with Crippen LogP contribution in [0.4, 0.5) is 11.4 Å². The lowest BCUT2D eigenvalue weighted by Crippen LogP contribution is -2.05. The molecule has 0 atom stereocenters. The van der Waals surface area contributed by atoms with Crippen LogP contribution in [0, 0.1) is 17.0 Å². The van der Waals surface area contributed by atoms with E-state index in [1.54, 1.807) is 19.1 Å². The molecule has 0 aromatic heterocycles. The largest absolute Gasteiger partial charge is 0.379 e. The third kappa shape index (κ3) is 5.28. The molecule has 1 N–H and O–H groups in total. The van der Waals surface area contributed by atoms with Gasteiger partial charge in [0, 0.05) is 12.1 Å². The number of hydrogen-bond acceptors (Lipinski definition) is 3. The van der Waals surface area contributed by atoms with Crippen LogP contribution in [-0.2, 0) is 0 Å². The van der Waals surface area contributed by atoms with Crippen molar-refractivity contribution in [2.75, 3.05) is 11.9 Å². The van der Waals surface area contributed by atoms with Gasteiger partial charge in [-0.2, -0.15) is 0 Å². The van der Waals surface area contributed by atoms with Gasteiger partial charge in [0.05, 0.1) is 4.92 Å². The van der Waals surface area contributed by atoms with Crippen molar-refractivity contribution in [1.29, 1.82) is 0 Å². The first kappa shape index (κ1) is 15.5. The molecule has 0 heterocycles. The molecule has 0 saturated carbocycles. The Bertz CT molecular complexity index is 405. The number of benzene rings is 1. The molecule has 0 aliphatic rings. The molecular formula is C15H24N2O2. The first-order chi connectivity index (χ1) is 9.16. The summed E-state index contributed by atoms with van der Waals surface area (Å²) in [5, 5.41) is 14.2. The highest BCUT2D eigenvalue weighted by molar-refractivity contribution is 5.64. The molecule has 1 aromatic carbocycles. The molecule has 0 unspecified atom stereocenters. The van der Waals surface area contributed by atoms with Gasteiger partial charge in [-0.1, -0.05) is 51.2 Å². The molecule has 0 saturated heterocycles. The second kappa shape index (κ2) is 8.51. The summed E-state index contributed by atoms with van der Waals surface area (Å²) in [7, 11) is 0. The summed E-state index contributed by atoms with van der Waals surface area (Å²) >= 11 is 0. The number of nitrogens with zero attached hydrogens (tertiary/aromatic N) is 1. The fourth-order valence-corrected chi connectivity index (χ4v) is 2.17. The van der Waals surface area contributed by atoms with Gasteiger partial charge in [0.15, 0.2) is 0 Å². The molecule has 0 bridgehead atoms. The maximum atomic E-state index is 11.0. The van der Waals surface area contributed by atoms with Crippen LogP contribution in [0.1, 0.15) is 51.0 Å². The van der Waals surface area contributed by atoms with Crippen molar-refractivity contribution in [1.82, 2.24) is 0 Å². The average Bonchev–Trinajstić information content (AvgIpc) is 2.37. The molecule has 106 valence electrons. The van der Waals surface area contributed by atoms with E-state index in [2.05, 4.69) is 12.2 Å². The van der Waals surface area contributed by atoms with Gasteiger partial charge in [-0.15, -0.1) is 0 Å². The van der Waals surface area contributed by atoms with Gasteiger partial charge in [0.1, 0.15) is 5.69 Å². The third-order valence-corrected chi connectivity index (χ3v) is 3.27. The molecule has 1 aromatic rings. The fraction of sp³-hybridized carbons (Fsp3) is 0.600. The first-order valence-electron chi connectivity index (χ1n) is 7.14. The van der Waals surface area contributed by atoms with Crippen molar-refractivity contribution in [3.63, 3.8) is 0 Å². The van der Waals surface area contributed by atoms with Crippen LogP contribution >= 0.6 is 0 Å². The van der Waals surface area contributed by atoms with Crippen molar-refractivity contribution in [2.24, 2.45) is 0 Å². The Morgan fingerprint density at radius 1 is 1.16 bits per heavy atom. The molecule has 1 rings (SSSR count). The summed E-state index contributed by atoms with van der Waals surface area (Å²) in [6.45, 7) is 4.78. The zero-order chi connectivity index (χ0) is 14.1. The van der Waals surface area contributed by atoms with Crippen molar-refractivity contribution in [3.8, 4) is 0 Å². The van der Waals surface area contributed by atoms with E-state index < -0.39 is 0 Å². The quantitative estimate of drug-likeness (QED) is 0.400. The molecule has 19 heavy (non-hydrogen) atoms. The van der Waals surface area contributed by atoms with Gasteiger partial charge >= 0.3 is 0 Å². The minimum Gasteiger partial charge on any atom is -0.379 e. The van der Waals surface area contributed by atoms with Crippen LogP contribution in [0.15, 0.2) is 18.2 Å². The van der Waals surface area contributed by atoms with Crippen molar-refractivity contribution < 1.29 is 4.92 Å². The maximum Gasteiger partial charge on any atom is 0.295 e. The average molecular weight is 264 g/mol. The smallest absolute Gasteiger partial charge is 0.295 e. The van der Waals surface area contributed by atoms with Gasteiger partial charge in [-0.05, 0) is 19.4 Å². The third-order valence-electron chi connectivity index (χ3n) is 3.27. The van der Waals surface area contributed by atoms with E-state index >= 15 is 0 Å². The minimum absolute atomic E-state index is 0.202. The lowest BCUT2D eigenvalue weighted by molar-refractivity contribution is -0.384. The van der Waals surface area contributed by atoms with E-state index in [-0.39, 0.29) is 10.6 Å². The summed E-state index contributed by atoms with van der Waals surface area (Å²) < 4.78 is 0. The second-order valence-electron chi connectivity index (χ2n) is 4.92. The number of para-hydroxylation sites is 1. The van der Waals surface area contributed by atoms with Crippen LogP contribution in [0.3, 0.4) is 0 Å². The SMILES string of the molecule is CCCCCCCCNc1cccc(C)c1[N+](=O)[O-]. The van der Waals surface area contributed by atoms with Crippen LogP contribution < -0.4 is 5.32 Å². The van der Waals surface area contributed by atoms with E-state index in [0.717, 1.165) is 13.0 Å². The summed E-state index contributed by atoms with van der Waals surface area (Å²) in [5.74, 6) is 0. The van der Waals surface area contributed by atoms with Gasteiger partial charge in [-0.3, -0.25) is 10.1 Å². The fourth-order valence-electron chi connectivity index (χ4n) is 2.17. The second-order valence-corrected chi connectivity index (χ2v) is 4.92. The number of anilines is 1. The predicted molar refractivity (Wildman–Crippen MR) is 79.7 cm³/mol. The number of aryl methyl sites for hydroxylation is 1. The normalized spacial score (nSPS) is 10.4. The topological polar surface area (TPSA) is 55.2 Å². The summed E-state index contributed by atoms with van der Waals surface area (Å²) in [4.78, 5) is 10.7. The van der Waals surface area contributed by atoms with Crippen LogP contribution in [0.5, 0.6) is 0 Å². The van der Waals surface area contributed by atoms with E-state index in [1.807, 2.05) is 6.07 Å². The summed E-state index contributed by atoms with van der Waals surface area (Å²) in [6.07, 6.45) is 7.36. The lowest BCUT2D eigenvalue weighted by Gasteiger charge is -2.08. The van der Waals surface area contributed by atoms with Gasteiger partial charge in [0.25, 0.3) is 5.69 Å². The number of nitro benzene ring substituents is 1. The van der Waals surface area contributed by atoms with Gasteiger partial charge in [-0.25, -0.2) is 0 Å². The zero-order valence-corrected chi connectivity index (χ0v) is 11.9. The van der Waals surface area contributed by atoms with Gasteiger partial charge in [0.2, 0.25) is 0 Å². The highest BCUT2D eigenvalue weighted by Gasteiger charge is 2.15. The number of nitro groups is 1. The predicted octanol–water partition coefficient (Wildman–Crippen LogP) is 4.68.